The van der Waals surface area contributed by atoms with Crippen LogP contribution in [0.15, 0.2) is 36.0 Å². The quantitative estimate of drug-likeness (QED) is 0.735. The van der Waals surface area contributed by atoms with Gasteiger partial charge in [0.2, 0.25) is 5.95 Å². The number of hydrogen-bond donors (Lipinski definition) is 1. The Morgan fingerprint density at radius 1 is 1.13 bits per heavy atom. The molecule has 4 heterocycles. The molecule has 2 aliphatic rings. The van der Waals surface area contributed by atoms with Crippen LogP contribution in [0.3, 0.4) is 0 Å². The van der Waals surface area contributed by atoms with Gasteiger partial charge in [-0.1, -0.05) is 0 Å². The molecule has 1 N–H and O–H groups in total. The number of nitrogens with zero attached hydrogens (tertiary/aromatic N) is 6. The first-order chi connectivity index (χ1) is 14.0. The van der Waals surface area contributed by atoms with E-state index in [1.54, 1.807) is 40.6 Å². The van der Waals surface area contributed by atoms with Gasteiger partial charge in [0.15, 0.2) is 5.03 Å². The van der Waals surface area contributed by atoms with Crippen LogP contribution >= 0.6 is 0 Å². The normalized spacial score (nSPS) is 21.8. The van der Waals surface area contributed by atoms with E-state index >= 15 is 0 Å². The second-order valence-corrected chi connectivity index (χ2v) is 8.59. The first kappa shape index (κ1) is 22.0. The van der Waals surface area contributed by atoms with Gasteiger partial charge >= 0.3 is 12.1 Å². The van der Waals surface area contributed by atoms with Crippen LogP contribution in [-0.2, 0) is 21.9 Å². The number of fused-ring (bicyclic) bond motifs is 1. The number of imidazole rings is 1. The Hall–Kier alpha value is -2.74. The van der Waals surface area contributed by atoms with Crippen molar-refractivity contribution in [1.82, 2.24) is 23.8 Å². The molecule has 0 spiro atoms. The predicted octanol–water partition coefficient (Wildman–Crippen LogP) is 0.885. The lowest BCUT2D eigenvalue weighted by molar-refractivity contribution is -0.192. The van der Waals surface area contributed by atoms with Crippen LogP contribution in [-0.4, -0.2) is 74.7 Å². The van der Waals surface area contributed by atoms with Crippen LogP contribution < -0.4 is 4.90 Å². The van der Waals surface area contributed by atoms with Gasteiger partial charge < -0.3 is 14.6 Å². The summed E-state index contributed by atoms with van der Waals surface area (Å²) in [6, 6.07) is 1.88. The van der Waals surface area contributed by atoms with E-state index in [-0.39, 0.29) is 17.1 Å². The van der Waals surface area contributed by atoms with Gasteiger partial charge in [-0.2, -0.15) is 17.5 Å². The molecule has 0 saturated carbocycles. The van der Waals surface area contributed by atoms with Crippen molar-refractivity contribution in [2.45, 2.75) is 36.1 Å². The third-order valence-electron chi connectivity index (χ3n) is 4.83. The lowest BCUT2D eigenvalue weighted by atomic mass is 10.1. The van der Waals surface area contributed by atoms with Crippen LogP contribution in [0.5, 0.6) is 0 Å². The molecule has 0 aromatic carbocycles. The number of hydrogen-bond acceptors (Lipinski definition) is 7. The number of aromatic nitrogens is 4. The van der Waals surface area contributed by atoms with Crippen molar-refractivity contribution in [2.75, 3.05) is 18.0 Å². The lowest BCUT2D eigenvalue weighted by Crippen LogP contribution is -2.40. The minimum Gasteiger partial charge on any atom is -0.475 e. The average molecular weight is 448 g/mol. The maximum absolute atomic E-state index is 12.8. The van der Waals surface area contributed by atoms with E-state index in [1.165, 1.54) is 6.33 Å². The average Bonchev–Trinajstić information content (AvgIpc) is 3.38. The van der Waals surface area contributed by atoms with E-state index in [1.807, 2.05) is 0 Å². The summed E-state index contributed by atoms with van der Waals surface area (Å²) < 4.78 is 60.7. The molecule has 4 rings (SSSR count). The zero-order chi connectivity index (χ0) is 22.1. The topological polar surface area (TPSA) is 122 Å². The number of anilines is 1. The Kier molecular flexibility index (Phi) is 5.99. The van der Waals surface area contributed by atoms with Crippen molar-refractivity contribution in [3.63, 3.8) is 0 Å². The predicted molar refractivity (Wildman–Crippen MR) is 97.0 cm³/mol. The van der Waals surface area contributed by atoms with Crippen molar-refractivity contribution in [3.8, 4) is 0 Å². The lowest BCUT2D eigenvalue weighted by Gasteiger charge is -2.24. The van der Waals surface area contributed by atoms with E-state index in [9.17, 15) is 21.6 Å². The number of sulfonamides is 1. The second kappa shape index (κ2) is 8.18. The first-order valence-corrected chi connectivity index (χ1v) is 10.3. The van der Waals surface area contributed by atoms with Gasteiger partial charge in [0, 0.05) is 50.8 Å². The van der Waals surface area contributed by atoms with E-state index in [0.717, 1.165) is 19.4 Å². The number of carboxylic acids is 1. The highest BCUT2D eigenvalue weighted by atomic mass is 32.2. The van der Waals surface area contributed by atoms with Crippen molar-refractivity contribution in [3.05, 3.63) is 31.0 Å². The fourth-order valence-corrected chi connectivity index (χ4v) is 5.24. The molecular weight excluding hydrogens is 429 g/mol. The van der Waals surface area contributed by atoms with E-state index in [0.29, 0.717) is 12.5 Å². The van der Waals surface area contributed by atoms with Crippen molar-refractivity contribution >= 4 is 21.9 Å². The molecule has 14 heteroatoms. The molecule has 2 aromatic heterocycles. The highest BCUT2D eigenvalue weighted by molar-refractivity contribution is 7.89. The molecule has 2 saturated heterocycles. The summed E-state index contributed by atoms with van der Waals surface area (Å²) in [5, 5.41) is 7.25. The first-order valence-electron chi connectivity index (χ1n) is 8.85. The van der Waals surface area contributed by atoms with E-state index < -0.39 is 22.2 Å². The highest BCUT2D eigenvalue weighted by Gasteiger charge is 2.48. The smallest absolute Gasteiger partial charge is 0.475 e. The standard InChI is InChI=1S/C14H18N6O2S.C2HF3O2/c1-18-9-13(17-10-18)23(21,22)20-8-4-11-12(20)3-7-19(11)14-15-5-2-6-16-14;3-2(4,5)1(6)7/h2,5-6,9-12H,3-4,7-8H2,1H3;(H,6,7)/t11-,12+;/m0./s1. The summed E-state index contributed by atoms with van der Waals surface area (Å²) in [7, 11) is -1.78. The number of rotatable bonds is 3. The van der Waals surface area contributed by atoms with Crippen LogP contribution in [0.4, 0.5) is 19.1 Å². The molecule has 10 nitrogen and oxygen atoms in total. The largest absolute Gasteiger partial charge is 0.490 e. The zero-order valence-electron chi connectivity index (χ0n) is 15.8. The second-order valence-electron chi connectivity index (χ2n) is 6.75. The minimum absolute atomic E-state index is 0.0363. The number of halogens is 3. The zero-order valence-corrected chi connectivity index (χ0v) is 16.6. The Balaban J connectivity index is 0.000000318. The molecule has 0 amide bonds. The van der Waals surface area contributed by atoms with Crippen molar-refractivity contribution in [2.24, 2.45) is 7.05 Å². The summed E-state index contributed by atoms with van der Waals surface area (Å²) in [6.45, 7) is 1.28. The Morgan fingerprint density at radius 2 is 1.73 bits per heavy atom. The van der Waals surface area contributed by atoms with Gasteiger partial charge in [0.25, 0.3) is 10.0 Å². The number of alkyl halides is 3. The molecule has 0 unspecified atom stereocenters. The SMILES string of the molecule is Cn1cnc(S(=O)(=O)N2CC[C@H]3[C@H]2CCN3c2ncccn2)c1.O=C(O)C(F)(F)F. The molecule has 2 aromatic rings. The van der Waals surface area contributed by atoms with Crippen LogP contribution in [0.2, 0.25) is 0 Å². The fraction of sp³-hybridized carbons (Fsp3) is 0.500. The highest BCUT2D eigenvalue weighted by Crippen LogP contribution is 2.36. The van der Waals surface area contributed by atoms with Crippen LogP contribution in [0.1, 0.15) is 12.8 Å². The number of carbonyl (C=O) groups is 1. The van der Waals surface area contributed by atoms with Crippen LogP contribution in [0.25, 0.3) is 0 Å². The summed E-state index contributed by atoms with van der Waals surface area (Å²) in [6.07, 6.45) is 2.98. The monoisotopic (exact) mass is 448 g/mol. The Bertz CT molecular complexity index is 998. The summed E-state index contributed by atoms with van der Waals surface area (Å²) >= 11 is 0. The number of aryl methyl sites for hydroxylation is 1. The summed E-state index contributed by atoms with van der Waals surface area (Å²) in [5.41, 5.74) is 0. The molecule has 2 atom stereocenters. The van der Waals surface area contributed by atoms with Crippen LogP contribution in [0, 0.1) is 0 Å². The summed E-state index contributed by atoms with van der Waals surface area (Å²) in [4.78, 5) is 23.6. The fourth-order valence-electron chi connectivity index (χ4n) is 3.58. The van der Waals surface area contributed by atoms with Gasteiger partial charge in [0.1, 0.15) is 0 Å². The van der Waals surface area contributed by atoms with Crippen molar-refractivity contribution < 1.29 is 31.5 Å². The van der Waals surface area contributed by atoms with Gasteiger partial charge in [0.05, 0.1) is 6.33 Å². The number of carboxylic acid groups (broad SMARTS) is 1. The molecule has 2 aliphatic heterocycles. The Labute approximate surface area is 170 Å². The Morgan fingerprint density at radius 3 is 2.27 bits per heavy atom. The molecule has 0 bridgehead atoms. The van der Waals surface area contributed by atoms with Gasteiger partial charge in [-0.3, -0.25) is 0 Å². The van der Waals surface area contributed by atoms with Crippen molar-refractivity contribution in [1.29, 1.82) is 0 Å². The van der Waals surface area contributed by atoms with Gasteiger partial charge in [-0.15, -0.1) is 0 Å². The third kappa shape index (κ3) is 4.38. The molecule has 30 heavy (non-hydrogen) atoms. The molecule has 2 fully saturated rings. The summed E-state index contributed by atoms with van der Waals surface area (Å²) in [5.74, 6) is -2.08. The van der Waals surface area contributed by atoms with Gasteiger partial charge in [-0.05, 0) is 18.9 Å². The van der Waals surface area contributed by atoms with Gasteiger partial charge in [-0.25, -0.2) is 28.2 Å². The minimum atomic E-state index is -5.08. The van der Waals surface area contributed by atoms with E-state index in [2.05, 4.69) is 19.9 Å². The number of aliphatic carboxylic acids is 1. The maximum Gasteiger partial charge on any atom is 0.490 e. The molecular formula is C16H19F3N6O4S. The molecule has 0 radical (unpaired) electrons. The third-order valence-corrected chi connectivity index (χ3v) is 6.64. The van der Waals surface area contributed by atoms with E-state index in [4.69, 9.17) is 9.90 Å². The molecule has 0 aliphatic carbocycles. The maximum atomic E-state index is 12.8. The molecule has 164 valence electrons.